The van der Waals surface area contributed by atoms with Crippen molar-refractivity contribution in [2.75, 3.05) is 18.0 Å². The molecular weight excluding hydrogens is 368 g/mol. The Kier molecular flexibility index (Phi) is 6.15. The first kappa shape index (κ1) is 19.5. The van der Waals surface area contributed by atoms with Gasteiger partial charge in [-0.1, -0.05) is 30.3 Å². The molecule has 1 aliphatic rings. The van der Waals surface area contributed by atoms with E-state index in [0.717, 1.165) is 37.1 Å². The van der Waals surface area contributed by atoms with Gasteiger partial charge in [0.25, 0.3) is 0 Å². The van der Waals surface area contributed by atoms with Gasteiger partial charge >= 0.3 is 0 Å². The van der Waals surface area contributed by atoms with Crippen molar-refractivity contribution in [3.63, 3.8) is 0 Å². The highest BCUT2D eigenvalue weighted by Gasteiger charge is 2.17. The molecule has 29 heavy (non-hydrogen) atoms. The highest BCUT2D eigenvalue weighted by atomic mass is 19.1. The maximum Gasteiger partial charge on any atom is 0.146 e. The van der Waals surface area contributed by atoms with E-state index in [1.54, 1.807) is 24.4 Å². The average Bonchev–Trinajstić information content (AvgIpc) is 3.25. The van der Waals surface area contributed by atoms with Crippen LogP contribution < -0.4 is 4.90 Å². The molecule has 3 nitrogen and oxygen atoms in total. The summed E-state index contributed by atoms with van der Waals surface area (Å²) in [6.45, 7) is 3.41. The van der Waals surface area contributed by atoms with Gasteiger partial charge in [0.2, 0.25) is 0 Å². The van der Waals surface area contributed by atoms with Crippen LogP contribution in [-0.4, -0.2) is 23.0 Å². The zero-order valence-corrected chi connectivity index (χ0v) is 16.4. The third kappa shape index (κ3) is 4.98. The molecule has 0 unspecified atom stereocenters. The molecule has 150 valence electrons. The van der Waals surface area contributed by atoms with E-state index in [9.17, 15) is 8.78 Å². The fourth-order valence-electron chi connectivity index (χ4n) is 3.91. The second-order valence-electron chi connectivity index (χ2n) is 7.58. The van der Waals surface area contributed by atoms with Gasteiger partial charge in [-0.3, -0.25) is 9.88 Å². The largest absolute Gasteiger partial charge is 0.369 e. The summed E-state index contributed by atoms with van der Waals surface area (Å²) in [5, 5.41) is 0. The van der Waals surface area contributed by atoms with Crippen molar-refractivity contribution < 1.29 is 8.78 Å². The van der Waals surface area contributed by atoms with Crippen molar-refractivity contribution in [1.29, 1.82) is 0 Å². The Morgan fingerprint density at radius 3 is 2.34 bits per heavy atom. The van der Waals surface area contributed by atoms with Crippen LogP contribution in [0.2, 0.25) is 0 Å². The third-order valence-electron chi connectivity index (χ3n) is 5.35. The molecule has 0 amide bonds. The molecule has 1 fully saturated rings. The molecular formula is C24H25F2N3. The Balaban J connectivity index is 1.54. The second-order valence-corrected chi connectivity index (χ2v) is 7.58. The van der Waals surface area contributed by atoms with Crippen molar-refractivity contribution in [3.8, 4) is 0 Å². The van der Waals surface area contributed by atoms with Crippen LogP contribution in [0, 0.1) is 11.6 Å². The van der Waals surface area contributed by atoms with Crippen molar-refractivity contribution in [3.05, 3.63) is 95.3 Å². The molecule has 1 aliphatic heterocycles. The molecule has 0 aliphatic carbocycles. The highest BCUT2D eigenvalue weighted by Crippen LogP contribution is 2.25. The van der Waals surface area contributed by atoms with Gasteiger partial charge in [-0.05, 0) is 48.2 Å². The minimum absolute atomic E-state index is 0.184. The fourth-order valence-corrected chi connectivity index (χ4v) is 3.91. The summed E-state index contributed by atoms with van der Waals surface area (Å²) in [4.78, 5) is 8.39. The number of pyridine rings is 1. The zero-order chi connectivity index (χ0) is 20.1. The van der Waals surface area contributed by atoms with Gasteiger partial charge in [-0.25, -0.2) is 8.78 Å². The number of hydrogen-bond donors (Lipinski definition) is 0. The molecule has 0 saturated carbocycles. The van der Waals surface area contributed by atoms with Gasteiger partial charge in [0.05, 0.1) is 5.69 Å². The zero-order valence-electron chi connectivity index (χ0n) is 16.4. The molecule has 0 bridgehead atoms. The van der Waals surface area contributed by atoms with Crippen LogP contribution in [0.25, 0.3) is 0 Å². The first-order valence-corrected chi connectivity index (χ1v) is 10.1. The monoisotopic (exact) mass is 393 g/mol. The van der Waals surface area contributed by atoms with Crippen molar-refractivity contribution >= 4 is 5.69 Å². The Morgan fingerprint density at radius 1 is 0.828 bits per heavy atom. The average molecular weight is 393 g/mol. The van der Waals surface area contributed by atoms with E-state index < -0.39 is 0 Å². The van der Waals surface area contributed by atoms with E-state index >= 15 is 0 Å². The van der Waals surface area contributed by atoms with Crippen molar-refractivity contribution in [2.45, 2.75) is 32.5 Å². The molecule has 1 aromatic heterocycles. The van der Waals surface area contributed by atoms with E-state index in [4.69, 9.17) is 0 Å². The number of nitrogens with zero attached hydrogens (tertiary/aromatic N) is 3. The molecule has 0 N–H and O–H groups in total. The van der Waals surface area contributed by atoms with Crippen LogP contribution in [0.15, 0.2) is 67.0 Å². The summed E-state index contributed by atoms with van der Waals surface area (Å²) < 4.78 is 29.0. The van der Waals surface area contributed by atoms with E-state index in [1.807, 2.05) is 36.5 Å². The summed E-state index contributed by atoms with van der Waals surface area (Å²) in [7, 11) is 0. The molecule has 1 saturated heterocycles. The predicted octanol–water partition coefficient (Wildman–Crippen LogP) is 5.16. The summed E-state index contributed by atoms with van der Waals surface area (Å²) in [5.74, 6) is -0.407. The molecule has 0 radical (unpaired) electrons. The lowest BCUT2D eigenvalue weighted by atomic mass is 10.1. The van der Waals surface area contributed by atoms with Crippen LogP contribution in [-0.2, 0) is 19.6 Å². The Labute approximate surface area is 170 Å². The maximum atomic E-state index is 14.7. The summed E-state index contributed by atoms with van der Waals surface area (Å²) in [6.07, 6.45) is 5.77. The molecule has 4 rings (SSSR count). The van der Waals surface area contributed by atoms with Gasteiger partial charge < -0.3 is 4.90 Å². The van der Waals surface area contributed by atoms with E-state index in [1.165, 1.54) is 6.07 Å². The number of benzene rings is 2. The van der Waals surface area contributed by atoms with Crippen LogP contribution in [0.4, 0.5) is 14.5 Å². The first-order chi connectivity index (χ1) is 14.2. The van der Waals surface area contributed by atoms with Gasteiger partial charge in [0.15, 0.2) is 0 Å². The lowest BCUT2D eigenvalue weighted by molar-refractivity contribution is 0.243. The standard InChI is InChI=1S/C24H25F2N3/c25-22-8-2-1-7-21(22)18-28(17-20-6-5-11-27-15-20)16-19-9-10-24(23(26)14-19)29-12-3-4-13-29/h1-2,5-11,14-15H,3-4,12-13,16-18H2. The predicted molar refractivity (Wildman–Crippen MR) is 111 cm³/mol. The fraction of sp³-hybridized carbons (Fsp3) is 0.292. The van der Waals surface area contributed by atoms with Crippen LogP contribution in [0.5, 0.6) is 0 Å². The van der Waals surface area contributed by atoms with Gasteiger partial charge in [-0.2, -0.15) is 0 Å². The maximum absolute atomic E-state index is 14.7. The van der Waals surface area contributed by atoms with Gasteiger partial charge in [0, 0.05) is 50.7 Å². The summed E-state index contributed by atoms with van der Waals surface area (Å²) >= 11 is 0. The molecule has 0 atom stereocenters. The molecule has 0 spiro atoms. The van der Waals surface area contributed by atoms with E-state index in [2.05, 4.69) is 14.8 Å². The normalized spacial score (nSPS) is 14.0. The minimum Gasteiger partial charge on any atom is -0.369 e. The van der Waals surface area contributed by atoms with Crippen LogP contribution in [0.1, 0.15) is 29.5 Å². The molecule has 2 aromatic carbocycles. The first-order valence-electron chi connectivity index (χ1n) is 10.1. The smallest absolute Gasteiger partial charge is 0.146 e. The number of anilines is 1. The van der Waals surface area contributed by atoms with Crippen molar-refractivity contribution in [1.82, 2.24) is 9.88 Å². The number of aromatic nitrogens is 1. The van der Waals surface area contributed by atoms with Crippen LogP contribution >= 0.6 is 0 Å². The Hall–Kier alpha value is -2.79. The number of hydrogen-bond acceptors (Lipinski definition) is 3. The number of rotatable bonds is 7. The molecule has 2 heterocycles. The van der Waals surface area contributed by atoms with Crippen LogP contribution in [0.3, 0.4) is 0 Å². The third-order valence-corrected chi connectivity index (χ3v) is 5.35. The Morgan fingerprint density at radius 2 is 1.62 bits per heavy atom. The highest BCUT2D eigenvalue weighted by molar-refractivity contribution is 5.49. The van der Waals surface area contributed by atoms with Crippen molar-refractivity contribution in [2.24, 2.45) is 0 Å². The lowest BCUT2D eigenvalue weighted by Gasteiger charge is -2.24. The Bertz CT molecular complexity index is 940. The topological polar surface area (TPSA) is 19.4 Å². The quantitative estimate of drug-likeness (QED) is 0.553. The molecule has 5 heteroatoms. The number of halogens is 2. The summed E-state index contributed by atoms with van der Waals surface area (Å²) in [5.41, 5.74) is 3.23. The SMILES string of the molecule is Fc1ccccc1CN(Cc1cccnc1)Cc1ccc(N2CCCC2)c(F)c1. The van der Waals surface area contributed by atoms with E-state index in [-0.39, 0.29) is 11.6 Å². The lowest BCUT2D eigenvalue weighted by Crippen LogP contribution is -2.23. The van der Waals surface area contributed by atoms with E-state index in [0.29, 0.717) is 30.9 Å². The van der Waals surface area contributed by atoms with Gasteiger partial charge in [0.1, 0.15) is 11.6 Å². The summed E-state index contributed by atoms with van der Waals surface area (Å²) in [6, 6.07) is 16.2. The molecule has 3 aromatic rings. The second kappa shape index (κ2) is 9.14. The van der Waals surface area contributed by atoms with Gasteiger partial charge in [-0.15, -0.1) is 0 Å². The minimum atomic E-state index is -0.223.